The number of aryl methyl sites for hydroxylation is 1. The number of carbonyl (C=O) groups is 3. The lowest BCUT2D eigenvalue weighted by atomic mass is 10.1. The highest BCUT2D eigenvalue weighted by atomic mass is 16.4. The van der Waals surface area contributed by atoms with Gasteiger partial charge in [0, 0.05) is 18.2 Å². The molecule has 2 aromatic rings. The molecule has 0 saturated heterocycles. The maximum Gasteiger partial charge on any atom is 0.320 e. The standard InChI is InChI=1S/C9H9NO2.C9H13N.C6H14N2O2/c1-7(12)10-9-4-2-8(6-11)3-5-9;10-8-4-7-9-5-2-1-3-6-9;7-4-2-1-3-5(8)6(9)10/h2-6H,1H3,(H,10,12);1-3,5-6H,4,7-8,10H2;5H,1-4,7-8H2,(H,9,10)/t;;5-/m..0/s1. The van der Waals surface area contributed by atoms with Crippen LogP contribution in [-0.4, -0.2) is 42.4 Å². The van der Waals surface area contributed by atoms with Crippen LogP contribution in [0.3, 0.4) is 0 Å². The van der Waals surface area contributed by atoms with Crippen LogP contribution >= 0.6 is 0 Å². The number of carboxylic acids is 1. The largest absolute Gasteiger partial charge is 0.480 e. The van der Waals surface area contributed by atoms with Gasteiger partial charge < -0.3 is 27.6 Å². The van der Waals surface area contributed by atoms with Gasteiger partial charge in [0.1, 0.15) is 12.3 Å². The average molecular weight is 445 g/mol. The van der Waals surface area contributed by atoms with Crippen LogP contribution in [0, 0.1) is 0 Å². The first kappa shape index (κ1) is 28.9. The molecule has 0 radical (unpaired) electrons. The van der Waals surface area contributed by atoms with Crippen molar-refractivity contribution in [2.24, 2.45) is 17.2 Å². The maximum absolute atomic E-state index is 10.6. The van der Waals surface area contributed by atoms with E-state index in [2.05, 4.69) is 29.6 Å². The summed E-state index contributed by atoms with van der Waals surface area (Å²) in [5, 5.41) is 10.9. The number of nitrogens with one attached hydrogen (secondary N) is 1. The van der Waals surface area contributed by atoms with E-state index in [0.29, 0.717) is 24.2 Å². The van der Waals surface area contributed by atoms with Crippen molar-refractivity contribution in [3.05, 3.63) is 65.7 Å². The molecule has 32 heavy (non-hydrogen) atoms. The minimum Gasteiger partial charge on any atom is -0.480 e. The molecule has 2 rings (SSSR count). The van der Waals surface area contributed by atoms with E-state index in [4.69, 9.17) is 22.3 Å². The van der Waals surface area contributed by atoms with E-state index in [1.807, 2.05) is 6.07 Å². The molecule has 0 fully saturated rings. The lowest BCUT2D eigenvalue weighted by molar-refractivity contribution is -0.138. The molecule has 0 aliphatic heterocycles. The molecule has 8 N–H and O–H groups in total. The maximum atomic E-state index is 10.6. The number of anilines is 1. The zero-order valence-corrected chi connectivity index (χ0v) is 18.7. The lowest BCUT2D eigenvalue weighted by Crippen LogP contribution is -2.29. The zero-order valence-electron chi connectivity index (χ0n) is 18.7. The van der Waals surface area contributed by atoms with Gasteiger partial charge in [0.25, 0.3) is 0 Å². The Balaban J connectivity index is 0.000000454. The molecule has 1 atom stereocenters. The molecule has 0 aliphatic rings. The number of unbranched alkanes of at least 4 members (excludes halogenated alkanes) is 1. The summed E-state index contributed by atoms with van der Waals surface area (Å²) in [4.78, 5) is 31.0. The second kappa shape index (κ2) is 18.7. The third kappa shape index (κ3) is 15.7. The molecule has 176 valence electrons. The van der Waals surface area contributed by atoms with Crippen molar-refractivity contribution in [1.82, 2.24) is 0 Å². The fraction of sp³-hybridized carbons (Fsp3) is 0.375. The number of benzene rings is 2. The predicted molar refractivity (Wildman–Crippen MR) is 128 cm³/mol. The Morgan fingerprint density at radius 3 is 2.03 bits per heavy atom. The quantitative estimate of drug-likeness (QED) is 0.278. The Bertz CT molecular complexity index is 767. The van der Waals surface area contributed by atoms with Gasteiger partial charge in [0.15, 0.2) is 0 Å². The number of hydrogen-bond acceptors (Lipinski definition) is 6. The van der Waals surface area contributed by atoms with E-state index in [1.54, 1.807) is 24.3 Å². The predicted octanol–water partition coefficient (Wildman–Crippen LogP) is 2.56. The summed E-state index contributed by atoms with van der Waals surface area (Å²) in [5.41, 5.74) is 18.5. The van der Waals surface area contributed by atoms with Gasteiger partial charge in [0.2, 0.25) is 5.91 Å². The van der Waals surface area contributed by atoms with Crippen molar-refractivity contribution in [3.63, 3.8) is 0 Å². The van der Waals surface area contributed by atoms with E-state index >= 15 is 0 Å². The van der Waals surface area contributed by atoms with Crippen molar-refractivity contribution < 1.29 is 19.5 Å². The number of carbonyl (C=O) groups excluding carboxylic acids is 2. The van der Waals surface area contributed by atoms with Gasteiger partial charge in [-0.25, -0.2) is 0 Å². The highest BCUT2D eigenvalue weighted by molar-refractivity contribution is 5.89. The van der Waals surface area contributed by atoms with Crippen LogP contribution in [0.4, 0.5) is 5.69 Å². The average Bonchev–Trinajstić information content (AvgIpc) is 2.79. The summed E-state index contributed by atoms with van der Waals surface area (Å²) in [6, 6.07) is 16.4. The van der Waals surface area contributed by atoms with Gasteiger partial charge >= 0.3 is 5.97 Å². The Kier molecular flexibility index (Phi) is 16.9. The van der Waals surface area contributed by atoms with Crippen LogP contribution in [-0.2, 0) is 16.0 Å². The molecule has 8 heteroatoms. The number of aldehydes is 1. The molecule has 0 aliphatic carbocycles. The van der Waals surface area contributed by atoms with Crippen molar-refractivity contribution >= 4 is 23.9 Å². The highest BCUT2D eigenvalue weighted by Gasteiger charge is 2.09. The summed E-state index contributed by atoms with van der Waals surface area (Å²) >= 11 is 0. The first-order valence-corrected chi connectivity index (χ1v) is 10.6. The van der Waals surface area contributed by atoms with Gasteiger partial charge in [-0.3, -0.25) is 14.4 Å². The molecular weight excluding hydrogens is 408 g/mol. The fourth-order valence-corrected chi connectivity index (χ4v) is 2.43. The van der Waals surface area contributed by atoms with Crippen LogP contribution in [0.15, 0.2) is 54.6 Å². The van der Waals surface area contributed by atoms with Crippen molar-refractivity contribution in [2.45, 2.75) is 45.1 Å². The normalized spacial score (nSPS) is 10.5. The van der Waals surface area contributed by atoms with E-state index in [-0.39, 0.29) is 5.91 Å². The van der Waals surface area contributed by atoms with E-state index in [9.17, 15) is 14.4 Å². The van der Waals surface area contributed by atoms with Gasteiger partial charge in [0.05, 0.1) is 0 Å². The molecule has 8 nitrogen and oxygen atoms in total. The summed E-state index contributed by atoms with van der Waals surface area (Å²) in [5.74, 6) is -1.05. The van der Waals surface area contributed by atoms with Gasteiger partial charge in [-0.15, -0.1) is 0 Å². The molecular formula is C24H36N4O4. The summed E-state index contributed by atoms with van der Waals surface area (Å²) < 4.78 is 0. The Labute approximate surface area is 190 Å². The number of hydrogen-bond donors (Lipinski definition) is 5. The Morgan fingerprint density at radius 2 is 1.56 bits per heavy atom. The molecule has 1 amide bonds. The molecule has 0 saturated carbocycles. The Morgan fingerprint density at radius 1 is 0.969 bits per heavy atom. The lowest BCUT2D eigenvalue weighted by Gasteiger charge is -2.03. The fourth-order valence-electron chi connectivity index (χ4n) is 2.43. The zero-order chi connectivity index (χ0) is 24.2. The number of amides is 1. The minimum atomic E-state index is -0.933. The van der Waals surface area contributed by atoms with Crippen LogP contribution in [0.5, 0.6) is 0 Å². The summed E-state index contributed by atoms with van der Waals surface area (Å²) in [6.45, 7) is 2.83. The van der Waals surface area contributed by atoms with Gasteiger partial charge in [-0.2, -0.15) is 0 Å². The smallest absolute Gasteiger partial charge is 0.320 e. The monoisotopic (exact) mass is 444 g/mol. The van der Waals surface area contributed by atoms with E-state index in [0.717, 1.165) is 38.5 Å². The Hall–Kier alpha value is -3.07. The van der Waals surface area contributed by atoms with Crippen molar-refractivity contribution in [1.29, 1.82) is 0 Å². The number of rotatable bonds is 10. The second-order valence-electron chi connectivity index (χ2n) is 7.03. The second-order valence-corrected chi connectivity index (χ2v) is 7.03. The molecule has 0 heterocycles. The van der Waals surface area contributed by atoms with Crippen molar-refractivity contribution in [3.8, 4) is 0 Å². The van der Waals surface area contributed by atoms with E-state index in [1.165, 1.54) is 12.5 Å². The van der Waals surface area contributed by atoms with E-state index < -0.39 is 12.0 Å². The number of aliphatic carboxylic acids is 1. The van der Waals surface area contributed by atoms with Crippen LogP contribution in [0.1, 0.15) is 48.5 Å². The third-order valence-corrected chi connectivity index (χ3v) is 4.17. The van der Waals surface area contributed by atoms with Crippen LogP contribution < -0.4 is 22.5 Å². The molecule has 0 bridgehead atoms. The van der Waals surface area contributed by atoms with Gasteiger partial charge in [-0.05, 0) is 68.6 Å². The molecule has 0 unspecified atom stereocenters. The minimum absolute atomic E-state index is 0.117. The first-order valence-electron chi connectivity index (χ1n) is 10.6. The summed E-state index contributed by atoms with van der Waals surface area (Å²) in [6.07, 6.45) is 5.12. The van der Waals surface area contributed by atoms with Crippen LogP contribution in [0.2, 0.25) is 0 Å². The molecule has 0 aromatic heterocycles. The first-order chi connectivity index (χ1) is 15.3. The third-order valence-electron chi connectivity index (χ3n) is 4.17. The molecule has 0 spiro atoms. The summed E-state index contributed by atoms with van der Waals surface area (Å²) in [7, 11) is 0. The molecule has 2 aromatic carbocycles. The SMILES string of the molecule is CC(=O)Nc1ccc(C=O)cc1.NCCCC[C@H](N)C(=O)O.NCCCc1ccccc1. The number of nitrogens with two attached hydrogens (primary N) is 3. The van der Waals surface area contributed by atoms with Crippen LogP contribution in [0.25, 0.3) is 0 Å². The number of carboxylic acid groups (broad SMARTS) is 1. The van der Waals surface area contributed by atoms with Gasteiger partial charge in [-0.1, -0.05) is 36.8 Å². The highest BCUT2D eigenvalue weighted by Crippen LogP contribution is 2.07. The topological polar surface area (TPSA) is 162 Å². The van der Waals surface area contributed by atoms with Crippen molar-refractivity contribution in [2.75, 3.05) is 18.4 Å².